The predicted octanol–water partition coefficient (Wildman–Crippen LogP) is 2.78. The summed E-state index contributed by atoms with van der Waals surface area (Å²) in [6.07, 6.45) is 0.242. The third kappa shape index (κ3) is 4.82. The monoisotopic (exact) mass is 339 g/mol. The molecule has 2 amide bonds. The number of halogens is 1. The third-order valence-corrected chi connectivity index (χ3v) is 3.69. The summed E-state index contributed by atoms with van der Waals surface area (Å²) >= 11 is 5.82. The van der Waals surface area contributed by atoms with E-state index >= 15 is 0 Å². The van der Waals surface area contributed by atoms with Gasteiger partial charge in [0, 0.05) is 13.1 Å². The van der Waals surface area contributed by atoms with Crippen LogP contribution in [0.2, 0.25) is 5.15 Å². The largest absolute Gasteiger partial charge is 0.444 e. The average molecular weight is 340 g/mol. The first-order valence-electron chi connectivity index (χ1n) is 7.57. The highest BCUT2D eigenvalue weighted by Crippen LogP contribution is 2.18. The van der Waals surface area contributed by atoms with Crippen molar-refractivity contribution in [2.45, 2.75) is 45.8 Å². The van der Waals surface area contributed by atoms with Crippen LogP contribution >= 0.6 is 11.6 Å². The van der Waals surface area contributed by atoms with Crippen molar-refractivity contribution in [1.29, 1.82) is 0 Å². The van der Waals surface area contributed by atoms with Crippen molar-refractivity contribution >= 4 is 23.6 Å². The maximum atomic E-state index is 12.5. The van der Waals surface area contributed by atoms with E-state index in [-0.39, 0.29) is 11.9 Å². The lowest BCUT2D eigenvalue weighted by Gasteiger charge is -2.22. The fourth-order valence-corrected chi connectivity index (χ4v) is 2.65. The van der Waals surface area contributed by atoms with Crippen LogP contribution in [0.3, 0.4) is 0 Å². The van der Waals surface area contributed by atoms with Gasteiger partial charge in [-0.2, -0.15) is 0 Å². The third-order valence-electron chi connectivity index (χ3n) is 3.48. The molecule has 6 nitrogen and oxygen atoms in total. The molecule has 0 aromatic carbocycles. The van der Waals surface area contributed by atoms with Gasteiger partial charge in [0.1, 0.15) is 10.8 Å². The van der Waals surface area contributed by atoms with Gasteiger partial charge in [-0.3, -0.25) is 4.79 Å². The molecule has 0 spiro atoms. The molecular formula is C16H22ClN3O3. The average Bonchev–Trinajstić information content (AvgIpc) is 2.84. The van der Waals surface area contributed by atoms with E-state index in [1.165, 1.54) is 0 Å². The Morgan fingerprint density at radius 3 is 2.70 bits per heavy atom. The van der Waals surface area contributed by atoms with Crippen LogP contribution in [0, 0.1) is 6.92 Å². The zero-order valence-electron chi connectivity index (χ0n) is 13.9. The maximum Gasteiger partial charge on any atom is 0.407 e. The van der Waals surface area contributed by atoms with Gasteiger partial charge in [-0.05, 0) is 46.2 Å². The molecule has 1 fully saturated rings. The van der Waals surface area contributed by atoms with Crippen molar-refractivity contribution in [3.05, 3.63) is 28.5 Å². The molecule has 23 heavy (non-hydrogen) atoms. The lowest BCUT2D eigenvalue weighted by atomic mass is 10.2. The second kappa shape index (κ2) is 6.74. The molecule has 1 N–H and O–H groups in total. The summed E-state index contributed by atoms with van der Waals surface area (Å²) in [7, 11) is 0. The molecule has 0 radical (unpaired) electrons. The number of rotatable bonds is 2. The second-order valence-electron chi connectivity index (χ2n) is 6.65. The van der Waals surface area contributed by atoms with Crippen LogP contribution in [0.5, 0.6) is 0 Å². The quantitative estimate of drug-likeness (QED) is 0.841. The number of hydrogen-bond donors (Lipinski definition) is 1. The van der Waals surface area contributed by atoms with E-state index in [1.807, 2.05) is 20.8 Å². The summed E-state index contributed by atoms with van der Waals surface area (Å²) in [5, 5.41) is 3.17. The number of hydrogen-bond acceptors (Lipinski definition) is 4. The van der Waals surface area contributed by atoms with Gasteiger partial charge in [-0.1, -0.05) is 11.6 Å². The van der Waals surface area contributed by atoms with E-state index in [0.29, 0.717) is 35.9 Å². The highest BCUT2D eigenvalue weighted by Gasteiger charge is 2.30. The lowest BCUT2D eigenvalue weighted by Crippen LogP contribution is -2.41. The smallest absolute Gasteiger partial charge is 0.407 e. The van der Waals surface area contributed by atoms with Gasteiger partial charge in [0.05, 0.1) is 17.3 Å². The van der Waals surface area contributed by atoms with Crippen molar-refractivity contribution in [3.8, 4) is 0 Å². The van der Waals surface area contributed by atoms with Crippen molar-refractivity contribution < 1.29 is 14.3 Å². The Labute approximate surface area is 141 Å². The zero-order valence-corrected chi connectivity index (χ0v) is 14.6. The van der Waals surface area contributed by atoms with Gasteiger partial charge < -0.3 is 15.0 Å². The summed E-state index contributed by atoms with van der Waals surface area (Å²) in [5.41, 5.74) is 0.600. The number of alkyl carbamates (subject to hydrolysis) is 1. The number of carbonyl (C=O) groups is 2. The lowest BCUT2D eigenvalue weighted by molar-refractivity contribution is 0.0502. The van der Waals surface area contributed by atoms with Gasteiger partial charge in [0.2, 0.25) is 0 Å². The van der Waals surface area contributed by atoms with E-state index in [0.717, 1.165) is 0 Å². The first-order chi connectivity index (χ1) is 10.7. The molecule has 126 valence electrons. The molecule has 0 saturated carbocycles. The first kappa shape index (κ1) is 17.5. The van der Waals surface area contributed by atoms with Crippen molar-refractivity contribution in [2.75, 3.05) is 13.1 Å². The van der Waals surface area contributed by atoms with E-state index < -0.39 is 11.7 Å². The number of likely N-dealkylation sites (tertiary alicyclic amines) is 1. The number of amides is 2. The van der Waals surface area contributed by atoms with Crippen molar-refractivity contribution in [1.82, 2.24) is 15.2 Å². The molecule has 2 heterocycles. The predicted molar refractivity (Wildman–Crippen MR) is 87.7 cm³/mol. The molecule has 2 rings (SSSR count). The summed E-state index contributed by atoms with van der Waals surface area (Å²) in [5.74, 6) is -0.0971. The summed E-state index contributed by atoms with van der Waals surface area (Å²) in [6.45, 7) is 8.24. The molecule has 1 unspecified atom stereocenters. The van der Waals surface area contributed by atoms with Crippen molar-refractivity contribution in [3.63, 3.8) is 0 Å². The highest BCUT2D eigenvalue weighted by atomic mass is 35.5. The van der Waals surface area contributed by atoms with Crippen molar-refractivity contribution in [2.24, 2.45) is 0 Å². The van der Waals surface area contributed by atoms with Gasteiger partial charge in [0.15, 0.2) is 0 Å². The number of carbonyl (C=O) groups excluding carboxylic acids is 2. The SMILES string of the molecule is Cc1nc(Cl)ccc1C(=O)N1CCC(NC(=O)OC(C)(C)C)C1. The van der Waals surface area contributed by atoms with Crippen LogP contribution in [-0.2, 0) is 4.74 Å². The van der Waals surface area contributed by atoms with Gasteiger partial charge in [-0.25, -0.2) is 9.78 Å². The van der Waals surface area contributed by atoms with E-state index in [1.54, 1.807) is 24.0 Å². The van der Waals surface area contributed by atoms with Crippen LogP contribution in [0.15, 0.2) is 12.1 Å². The maximum absolute atomic E-state index is 12.5. The summed E-state index contributed by atoms with van der Waals surface area (Å²) < 4.78 is 5.23. The molecule has 0 aliphatic carbocycles. The number of aromatic nitrogens is 1. The van der Waals surface area contributed by atoms with Crippen LogP contribution < -0.4 is 5.32 Å². The highest BCUT2D eigenvalue weighted by molar-refractivity contribution is 6.29. The Morgan fingerprint density at radius 1 is 1.39 bits per heavy atom. The van der Waals surface area contributed by atoms with Crippen LogP contribution in [0.1, 0.15) is 43.2 Å². The minimum atomic E-state index is -0.537. The zero-order chi connectivity index (χ0) is 17.2. The fraction of sp³-hybridized carbons (Fsp3) is 0.562. The Balaban J connectivity index is 1.94. The summed E-state index contributed by atoms with van der Waals surface area (Å²) in [6, 6.07) is 3.19. The number of pyridine rings is 1. The molecule has 1 atom stereocenters. The second-order valence-corrected chi connectivity index (χ2v) is 7.04. The summed E-state index contributed by atoms with van der Waals surface area (Å²) in [4.78, 5) is 30.1. The van der Waals surface area contributed by atoms with Crippen LogP contribution in [-0.4, -0.2) is 46.6 Å². The number of nitrogens with one attached hydrogen (secondary N) is 1. The Bertz CT molecular complexity index is 613. The molecule has 1 aromatic rings. The van der Waals surface area contributed by atoms with E-state index in [4.69, 9.17) is 16.3 Å². The van der Waals surface area contributed by atoms with Gasteiger partial charge >= 0.3 is 6.09 Å². The van der Waals surface area contributed by atoms with Gasteiger partial charge in [-0.15, -0.1) is 0 Å². The normalized spacial score (nSPS) is 18.0. The van der Waals surface area contributed by atoms with Crippen LogP contribution in [0.4, 0.5) is 4.79 Å². The molecule has 1 saturated heterocycles. The fourth-order valence-electron chi connectivity index (χ4n) is 2.46. The standard InChI is InChI=1S/C16H22ClN3O3/c1-10-12(5-6-13(17)18-10)14(21)20-8-7-11(9-20)19-15(22)23-16(2,3)4/h5-6,11H,7-9H2,1-4H3,(H,19,22). The van der Waals surface area contributed by atoms with Crippen LogP contribution in [0.25, 0.3) is 0 Å². The Hall–Kier alpha value is -1.82. The van der Waals surface area contributed by atoms with E-state index in [2.05, 4.69) is 10.3 Å². The topological polar surface area (TPSA) is 71.5 Å². The molecule has 0 bridgehead atoms. The van der Waals surface area contributed by atoms with Gasteiger partial charge in [0.25, 0.3) is 5.91 Å². The number of nitrogens with zero attached hydrogens (tertiary/aromatic N) is 2. The Kier molecular flexibility index (Phi) is 5.14. The number of aryl methyl sites for hydroxylation is 1. The Morgan fingerprint density at radius 2 is 2.09 bits per heavy atom. The molecule has 1 aliphatic rings. The molecule has 1 aliphatic heterocycles. The molecule has 7 heteroatoms. The first-order valence-corrected chi connectivity index (χ1v) is 7.95. The molecular weight excluding hydrogens is 318 g/mol. The minimum absolute atomic E-state index is 0.0971. The van der Waals surface area contributed by atoms with E-state index in [9.17, 15) is 9.59 Å². The molecule has 1 aromatic heterocycles. The minimum Gasteiger partial charge on any atom is -0.444 e. The number of ether oxygens (including phenoxy) is 1.